The molecule has 1 fully saturated rings. The van der Waals surface area contributed by atoms with E-state index in [9.17, 15) is 10.2 Å². The summed E-state index contributed by atoms with van der Waals surface area (Å²) in [6.45, 7) is 10.8. The molecule has 0 aliphatic heterocycles. The van der Waals surface area contributed by atoms with Crippen LogP contribution in [0.1, 0.15) is 84.3 Å². The molecule has 0 aromatic heterocycles. The second-order valence-corrected chi connectivity index (χ2v) is 7.39. The van der Waals surface area contributed by atoms with Gasteiger partial charge in [0.25, 0.3) is 0 Å². The van der Waals surface area contributed by atoms with Crippen LogP contribution in [0.3, 0.4) is 0 Å². The summed E-state index contributed by atoms with van der Waals surface area (Å²) in [4.78, 5) is 0. The molecular formula is C22H38O2. The van der Waals surface area contributed by atoms with Crippen molar-refractivity contribution in [3.63, 3.8) is 0 Å². The van der Waals surface area contributed by atoms with Gasteiger partial charge in [-0.1, -0.05) is 72.8 Å². The number of rotatable bonds is 3. The zero-order valence-corrected chi connectivity index (χ0v) is 16.4. The highest BCUT2D eigenvalue weighted by atomic mass is 16.3. The highest BCUT2D eigenvalue weighted by Crippen LogP contribution is 2.40. The summed E-state index contributed by atoms with van der Waals surface area (Å²) < 4.78 is 0. The van der Waals surface area contributed by atoms with Crippen molar-refractivity contribution >= 4 is 0 Å². The molecule has 2 atom stereocenters. The quantitative estimate of drug-likeness (QED) is 0.622. The second-order valence-electron chi connectivity index (χ2n) is 7.39. The van der Waals surface area contributed by atoms with Crippen LogP contribution >= 0.6 is 0 Å². The molecule has 138 valence electrons. The SMILES string of the molecule is CC.CC1CCC1.CCCC[C@@H]1Cc2c(ccc(O)c2O)CC1C. The highest BCUT2D eigenvalue weighted by molar-refractivity contribution is 5.50. The van der Waals surface area contributed by atoms with Crippen LogP contribution in [0.25, 0.3) is 0 Å². The maximum Gasteiger partial charge on any atom is 0.160 e. The van der Waals surface area contributed by atoms with Gasteiger partial charge in [0.15, 0.2) is 11.5 Å². The van der Waals surface area contributed by atoms with E-state index in [0.717, 1.165) is 24.3 Å². The van der Waals surface area contributed by atoms with Gasteiger partial charge in [0.2, 0.25) is 0 Å². The van der Waals surface area contributed by atoms with Crippen LogP contribution in [-0.4, -0.2) is 10.2 Å². The van der Waals surface area contributed by atoms with Crippen LogP contribution in [0.15, 0.2) is 12.1 Å². The number of fused-ring (bicyclic) bond motifs is 1. The first kappa shape index (κ1) is 20.9. The molecule has 2 aliphatic carbocycles. The first-order valence-corrected chi connectivity index (χ1v) is 10.1. The molecule has 1 saturated carbocycles. The van der Waals surface area contributed by atoms with Gasteiger partial charge < -0.3 is 10.2 Å². The molecule has 0 saturated heterocycles. The Morgan fingerprint density at radius 2 is 1.67 bits per heavy atom. The third-order valence-corrected chi connectivity index (χ3v) is 5.49. The van der Waals surface area contributed by atoms with Crippen LogP contribution in [0.2, 0.25) is 0 Å². The van der Waals surface area contributed by atoms with E-state index in [1.807, 2.05) is 19.9 Å². The van der Waals surface area contributed by atoms with Gasteiger partial charge in [0, 0.05) is 5.56 Å². The van der Waals surface area contributed by atoms with E-state index < -0.39 is 0 Å². The van der Waals surface area contributed by atoms with Gasteiger partial charge in [0.05, 0.1) is 0 Å². The summed E-state index contributed by atoms with van der Waals surface area (Å²) in [7, 11) is 0. The first-order chi connectivity index (χ1) is 11.5. The predicted molar refractivity (Wildman–Crippen MR) is 104 cm³/mol. The molecule has 0 bridgehead atoms. The molecule has 0 radical (unpaired) electrons. The molecule has 2 nitrogen and oxygen atoms in total. The van der Waals surface area contributed by atoms with E-state index in [2.05, 4.69) is 20.8 Å². The van der Waals surface area contributed by atoms with Crippen molar-refractivity contribution in [2.45, 2.75) is 86.0 Å². The van der Waals surface area contributed by atoms with E-state index in [0.29, 0.717) is 11.8 Å². The Labute approximate surface area is 149 Å². The molecule has 1 unspecified atom stereocenters. The zero-order valence-electron chi connectivity index (χ0n) is 16.4. The van der Waals surface area contributed by atoms with Crippen molar-refractivity contribution in [2.75, 3.05) is 0 Å². The number of hydrogen-bond acceptors (Lipinski definition) is 2. The lowest BCUT2D eigenvalue weighted by molar-refractivity contribution is 0.297. The van der Waals surface area contributed by atoms with Crippen molar-refractivity contribution in [3.8, 4) is 11.5 Å². The maximum atomic E-state index is 9.92. The summed E-state index contributed by atoms with van der Waals surface area (Å²) in [5, 5.41) is 19.5. The minimum atomic E-state index is 0.0209. The Kier molecular flexibility index (Phi) is 9.25. The predicted octanol–water partition coefficient (Wildman–Crippen LogP) is 6.47. The largest absolute Gasteiger partial charge is 0.504 e. The fourth-order valence-electron chi connectivity index (χ4n) is 3.53. The van der Waals surface area contributed by atoms with Gasteiger partial charge in [-0.3, -0.25) is 0 Å². The lowest BCUT2D eigenvalue weighted by atomic mass is 9.74. The summed E-state index contributed by atoms with van der Waals surface area (Å²) in [5.74, 6) is 2.52. The van der Waals surface area contributed by atoms with Crippen molar-refractivity contribution < 1.29 is 10.2 Å². The Balaban J connectivity index is 0.000000346. The lowest BCUT2D eigenvalue weighted by Crippen LogP contribution is -2.23. The number of hydrogen-bond donors (Lipinski definition) is 2. The normalized spacial score (nSPS) is 22.2. The standard InChI is InChI=1S/C15H22O2.C5H10.C2H6/c1-3-4-5-11-9-13-12(8-10(11)2)6-7-14(16)15(13)17;1-5-3-2-4-5;1-2/h6-7,10-11,16-17H,3-5,8-9H2,1-2H3;5H,2-4H2,1H3;1-2H3/t10?,11-;;/m1../s1. The van der Waals surface area contributed by atoms with Crippen molar-refractivity contribution in [2.24, 2.45) is 17.8 Å². The Morgan fingerprint density at radius 3 is 2.17 bits per heavy atom. The van der Waals surface area contributed by atoms with E-state index >= 15 is 0 Å². The topological polar surface area (TPSA) is 40.5 Å². The summed E-state index contributed by atoms with van der Waals surface area (Å²) in [5.41, 5.74) is 2.18. The monoisotopic (exact) mass is 334 g/mol. The molecule has 2 N–H and O–H groups in total. The molecule has 24 heavy (non-hydrogen) atoms. The maximum absolute atomic E-state index is 9.92. The molecule has 1 aromatic carbocycles. The Morgan fingerprint density at radius 1 is 1.04 bits per heavy atom. The lowest BCUT2D eigenvalue weighted by Gasteiger charge is -2.31. The van der Waals surface area contributed by atoms with Gasteiger partial charge in [-0.15, -0.1) is 0 Å². The summed E-state index contributed by atoms with van der Waals surface area (Å²) >= 11 is 0. The van der Waals surface area contributed by atoms with Crippen LogP contribution in [0.4, 0.5) is 0 Å². The fourth-order valence-corrected chi connectivity index (χ4v) is 3.53. The van der Waals surface area contributed by atoms with Crippen LogP contribution in [0.5, 0.6) is 11.5 Å². The molecular weight excluding hydrogens is 296 g/mol. The van der Waals surface area contributed by atoms with Crippen molar-refractivity contribution in [3.05, 3.63) is 23.3 Å². The van der Waals surface area contributed by atoms with E-state index in [1.54, 1.807) is 6.07 Å². The molecule has 0 heterocycles. The molecule has 3 rings (SSSR count). The number of unbranched alkanes of at least 4 members (excludes halogenated alkanes) is 1. The fraction of sp³-hybridized carbons (Fsp3) is 0.727. The van der Waals surface area contributed by atoms with Gasteiger partial charge in [-0.25, -0.2) is 0 Å². The second kappa shape index (κ2) is 10.6. The highest BCUT2D eigenvalue weighted by Gasteiger charge is 2.27. The summed E-state index contributed by atoms with van der Waals surface area (Å²) in [6.07, 6.45) is 10.1. The molecule has 0 amide bonds. The van der Waals surface area contributed by atoms with Crippen molar-refractivity contribution in [1.29, 1.82) is 0 Å². The molecule has 0 spiro atoms. The van der Waals surface area contributed by atoms with Crippen molar-refractivity contribution in [1.82, 2.24) is 0 Å². The Bertz CT molecular complexity index is 477. The summed E-state index contributed by atoms with van der Waals surface area (Å²) in [6, 6.07) is 3.56. The van der Waals surface area contributed by atoms with Crippen LogP contribution in [0, 0.1) is 17.8 Å². The third kappa shape index (κ3) is 5.72. The van der Waals surface area contributed by atoms with Gasteiger partial charge in [-0.2, -0.15) is 0 Å². The molecule has 1 aromatic rings. The average Bonchev–Trinajstić information content (AvgIpc) is 2.57. The van der Waals surface area contributed by atoms with E-state index in [1.165, 1.54) is 44.1 Å². The molecule has 2 heteroatoms. The van der Waals surface area contributed by atoms with Gasteiger partial charge in [0.1, 0.15) is 0 Å². The first-order valence-electron chi connectivity index (χ1n) is 10.1. The third-order valence-electron chi connectivity index (χ3n) is 5.49. The van der Waals surface area contributed by atoms with Crippen LogP contribution < -0.4 is 0 Å². The number of phenolic OH excluding ortho intramolecular Hbond substituents is 2. The van der Waals surface area contributed by atoms with E-state index in [-0.39, 0.29) is 11.5 Å². The van der Waals surface area contributed by atoms with Gasteiger partial charge >= 0.3 is 0 Å². The number of benzene rings is 1. The van der Waals surface area contributed by atoms with E-state index in [4.69, 9.17) is 0 Å². The molecule has 2 aliphatic rings. The zero-order chi connectivity index (χ0) is 18.1. The smallest absolute Gasteiger partial charge is 0.160 e. The van der Waals surface area contributed by atoms with Gasteiger partial charge in [-0.05, 0) is 48.6 Å². The number of phenols is 2. The number of aromatic hydroxyl groups is 2. The van der Waals surface area contributed by atoms with Crippen LogP contribution in [-0.2, 0) is 12.8 Å². The minimum Gasteiger partial charge on any atom is -0.504 e. The Hall–Kier alpha value is -1.18. The average molecular weight is 335 g/mol. The minimum absolute atomic E-state index is 0.0209.